The Labute approximate surface area is 118 Å². The Balaban J connectivity index is 1.93. The van der Waals surface area contributed by atoms with Crippen LogP contribution in [-0.4, -0.2) is 19.1 Å². The Hall–Kier alpha value is -2.49. The molecule has 0 heterocycles. The summed E-state index contributed by atoms with van der Waals surface area (Å²) in [6.45, 7) is 1.76. The third-order valence-electron chi connectivity index (χ3n) is 2.79. The van der Waals surface area contributed by atoms with Crippen LogP contribution in [0.4, 0.5) is 5.69 Å². The van der Waals surface area contributed by atoms with Gasteiger partial charge >= 0.3 is 5.97 Å². The van der Waals surface area contributed by atoms with E-state index in [2.05, 4.69) is 5.32 Å². The van der Waals surface area contributed by atoms with Crippen molar-refractivity contribution in [2.24, 2.45) is 0 Å². The highest BCUT2D eigenvalue weighted by atomic mass is 16.5. The highest BCUT2D eigenvalue weighted by Gasteiger charge is 2.14. The number of hydrogen-bond acceptors (Lipinski definition) is 4. The SMILES string of the molecule is COc1ccc(NC(C)C(=O)Oc2ccccc2)cc1. The van der Waals surface area contributed by atoms with Crippen LogP contribution in [0.5, 0.6) is 11.5 Å². The van der Waals surface area contributed by atoms with Crippen molar-refractivity contribution in [3.05, 3.63) is 54.6 Å². The van der Waals surface area contributed by atoms with E-state index in [1.54, 1.807) is 26.2 Å². The lowest BCUT2D eigenvalue weighted by Crippen LogP contribution is -2.30. The molecule has 1 N–H and O–H groups in total. The average molecular weight is 271 g/mol. The molecule has 1 unspecified atom stereocenters. The van der Waals surface area contributed by atoms with Crippen LogP contribution < -0.4 is 14.8 Å². The van der Waals surface area contributed by atoms with Crippen molar-refractivity contribution >= 4 is 11.7 Å². The summed E-state index contributed by atoms with van der Waals surface area (Å²) in [5.74, 6) is 0.989. The smallest absolute Gasteiger partial charge is 0.333 e. The van der Waals surface area contributed by atoms with Crippen molar-refractivity contribution in [3.8, 4) is 11.5 Å². The molecule has 104 valence electrons. The van der Waals surface area contributed by atoms with Crippen molar-refractivity contribution in [2.75, 3.05) is 12.4 Å². The number of carbonyl (C=O) groups is 1. The van der Waals surface area contributed by atoms with Gasteiger partial charge in [0.2, 0.25) is 0 Å². The molecule has 0 aliphatic carbocycles. The molecule has 0 saturated carbocycles. The maximum absolute atomic E-state index is 11.9. The molecule has 4 heteroatoms. The van der Waals surface area contributed by atoms with E-state index in [-0.39, 0.29) is 5.97 Å². The fourth-order valence-corrected chi connectivity index (χ4v) is 1.69. The molecule has 0 amide bonds. The summed E-state index contributed by atoms with van der Waals surface area (Å²) in [6.07, 6.45) is 0. The first kappa shape index (κ1) is 13.9. The second-order valence-corrected chi connectivity index (χ2v) is 4.33. The van der Waals surface area contributed by atoms with Crippen LogP contribution in [0.1, 0.15) is 6.92 Å². The topological polar surface area (TPSA) is 47.6 Å². The third-order valence-corrected chi connectivity index (χ3v) is 2.79. The Kier molecular flexibility index (Phi) is 4.60. The molecule has 20 heavy (non-hydrogen) atoms. The number of nitrogens with one attached hydrogen (secondary N) is 1. The van der Waals surface area contributed by atoms with E-state index in [0.29, 0.717) is 5.75 Å². The summed E-state index contributed by atoms with van der Waals surface area (Å²) in [5, 5.41) is 3.08. The van der Waals surface area contributed by atoms with Crippen LogP contribution in [-0.2, 0) is 4.79 Å². The lowest BCUT2D eigenvalue weighted by Gasteiger charge is -2.14. The van der Waals surface area contributed by atoms with Crippen LogP contribution in [0.3, 0.4) is 0 Å². The average Bonchev–Trinajstić information content (AvgIpc) is 2.49. The molecule has 0 fully saturated rings. The molecular weight excluding hydrogens is 254 g/mol. The van der Waals surface area contributed by atoms with Crippen molar-refractivity contribution in [2.45, 2.75) is 13.0 Å². The maximum atomic E-state index is 11.9. The lowest BCUT2D eigenvalue weighted by atomic mass is 10.2. The minimum absolute atomic E-state index is 0.327. The molecule has 0 aliphatic rings. The molecule has 2 rings (SSSR count). The fourth-order valence-electron chi connectivity index (χ4n) is 1.69. The van der Waals surface area contributed by atoms with Gasteiger partial charge in [-0.15, -0.1) is 0 Å². The van der Waals surface area contributed by atoms with Crippen LogP contribution in [0, 0.1) is 0 Å². The molecular formula is C16H17NO3. The van der Waals surface area contributed by atoms with Crippen LogP contribution in [0.2, 0.25) is 0 Å². The summed E-state index contributed by atoms with van der Waals surface area (Å²) in [5.41, 5.74) is 0.836. The number of methoxy groups -OCH3 is 1. The quantitative estimate of drug-likeness (QED) is 0.670. The summed E-state index contributed by atoms with van der Waals surface area (Å²) < 4.78 is 10.3. The Bertz CT molecular complexity index is 552. The number of para-hydroxylation sites is 1. The van der Waals surface area contributed by atoms with Gasteiger partial charge in [0.1, 0.15) is 17.5 Å². The van der Waals surface area contributed by atoms with E-state index in [1.165, 1.54) is 0 Å². The summed E-state index contributed by atoms with van der Waals surface area (Å²) >= 11 is 0. The molecule has 0 spiro atoms. The van der Waals surface area contributed by atoms with Crippen molar-refractivity contribution < 1.29 is 14.3 Å². The van der Waals surface area contributed by atoms with Gasteiger partial charge in [0.25, 0.3) is 0 Å². The highest BCUT2D eigenvalue weighted by Crippen LogP contribution is 2.16. The molecule has 0 aliphatic heterocycles. The van der Waals surface area contributed by atoms with Gasteiger partial charge in [0, 0.05) is 5.69 Å². The fraction of sp³-hybridized carbons (Fsp3) is 0.188. The molecule has 1 atom stereocenters. The first-order valence-corrected chi connectivity index (χ1v) is 6.36. The van der Waals surface area contributed by atoms with Crippen molar-refractivity contribution in [1.29, 1.82) is 0 Å². The molecule has 2 aromatic rings. The first-order chi connectivity index (χ1) is 9.69. The number of hydrogen-bond donors (Lipinski definition) is 1. The molecule has 0 radical (unpaired) electrons. The summed E-state index contributed by atoms with van der Waals surface area (Å²) in [7, 11) is 1.61. The first-order valence-electron chi connectivity index (χ1n) is 6.36. The van der Waals surface area contributed by atoms with E-state index in [1.807, 2.05) is 42.5 Å². The Morgan fingerprint density at radius 1 is 1.00 bits per heavy atom. The lowest BCUT2D eigenvalue weighted by molar-refractivity contribution is -0.134. The van der Waals surface area contributed by atoms with E-state index in [4.69, 9.17) is 9.47 Å². The number of ether oxygens (including phenoxy) is 2. The van der Waals surface area contributed by atoms with Gasteiger partial charge in [-0.2, -0.15) is 0 Å². The predicted octanol–water partition coefficient (Wildman–Crippen LogP) is 3.10. The molecule has 2 aromatic carbocycles. The number of anilines is 1. The van der Waals surface area contributed by atoms with Crippen molar-refractivity contribution in [3.63, 3.8) is 0 Å². The van der Waals surface area contributed by atoms with Crippen LogP contribution >= 0.6 is 0 Å². The summed E-state index contributed by atoms with van der Waals surface area (Å²) in [4.78, 5) is 11.9. The molecule has 0 bridgehead atoms. The standard InChI is InChI=1S/C16H17NO3/c1-12(16(18)20-15-6-4-3-5-7-15)17-13-8-10-14(19-2)11-9-13/h3-12,17H,1-2H3. The van der Waals surface area contributed by atoms with E-state index in [0.717, 1.165) is 11.4 Å². The maximum Gasteiger partial charge on any atom is 0.333 e. The van der Waals surface area contributed by atoms with E-state index < -0.39 is 6.04 Å². The largest absolute Gasteiger partial charge is 0.497 e. The zero-order chi connectivity index (χ0) is 14.4. The summed E-state index contributed by atoms with van der Waals surface area (Å²) in [6, 6.07) is 15.9. The van der Waals surface area contributed by atoms with Gasteiger partial charge in [-0.1, -0.05) is 18.2 Å². The van der Waals surface area contributed by atoms with Gasteiger partial charge in [-0.3, -0.25) is 0 Å². The second-order valence-electron chi connectivity index (χ2n) is 4.33. The molecule has 4 nitrogen and oxygen atoms in total. The normalized spacial score (nSPS) is 11.5. The second kappa shape index (κ2) is 6.61. The predicted molar refractivity (Wildman–Crippen MR) is 78.2 cm³/mol. The van der Waals surface area contributed by atoms with Crippen LogP contribution in [0.25, 0.3) is 0 Å². The zero-order valence-electron chi connectivity index (χ0n) is 11.5. The van der Waals surface area contributed by atoms with E-state index >= 15 is 0 Å². The molecule has 0 saturated heterocycles. The Morgan fingerprint density at radius 3 is 2.25 bits per heavy atom. The van der Waals surface area contributed by atoms with E-state index in [9.17, 15) is 4.79 Å². The van der Waals surface area contributed by atoms with Gasteiger partial charge < -0.3 is 14.8 Å². The number of esters is 1. The minimum Gasteiger partial charge on any atom is -0.497 e. The van der Waals surface area contributed by atoms with Gasteiger partial charge in [-0.05, 0) is 43.3 Å². The number of rotatable bonds is 5. The van der Waals surface area contributed by atoms with Gasteiger partial charge in [0.05, 0.1) is 7.11 Å². The minimum atomic E-state index is -0.441. The zero-order valence-corrected chi connectivity index (χ0v) is 11.5. The number of benzene rings is 2. The Morgan fingerprint density at radius 2 is 1.65 bits per heavy atom. The van der Waals surface area contributed by atoms with Crippen molar-refractivity contribution in [1.82, 2.24) is 0 Å². The van der Waals surface area contributed by atoms with Gasteiger partial charge in [-0.25, -0.2) is 4.79 Å². The van der Waals surface area contributed by atoms with Gasteiger partial charge in [0.15, 0.2) is 0 Å². The third kappa shape index (κ3) is 3.75. The molecule has 0 aromatic heterocycles. The highest BCUT2D eigenvalue weighted by molar-refractivity contribution is 5.80. The van der Waals surface area contributed by atoms with Crippen LogP contribution in [0.15, 0.2) is 54.6 Å². The monoisotopic (exact) mass is 271 g/mol. The number of carbonyl (C=O) groups excluding carboxylic acids is 1.